The molecule has 0 aliphatic heterocycles. The molecule has 164 valence electrons. The third-order valence-corrected chi connectivity index (χ3v) is 5.30. The summed E-state index contributed by atoms with van der Waals surface area (Å²) in [5.74, 6) is 0.667. The van der Waals surface area contributed by atoms with Crippen LogP contribution in [0.2, 0.25) is 0 Å². The highest BCUT2D eigenvalue weighted by Crippen LogP contribution is 2.18. The highest BCUT2D eigenvalue weighted by Gasteiger charge is 2.20. The number of ether oxygens (including phenoxy) is 1. The number of hydrogen-bond donors (Lipinski definition) is 1. The summed E-state index contributed by atoms with van der Waals surface area (Å²) in [6.07, 6.45) is -0.0420. The van der Waals surface area contributed by atoms with Gasteiger partial charge in [-0.3, -0.25) is 9.59 Å². The highest BCUT2D eigenvalue weighted by molar-refractivity contribution is 5.78. The van der Waals surface area contributed by atoms with E-state index in [9.17, 15) is 9.59 Å². The van der Waals surface area contributed by atoms with Crippen LogP contribution in [0.4, 0.5) is 0 Å². The zero-order chi connectivity index (χ0) is 22.5. The lowest BCUT2D eigenvalue weighted by Crippen LogP contribution is -2.33. The molecule has 0 aliphatic rings. The molecule has 0 bridgehead atoms. The number of methoxy groups -OCH3 is 1. The van der Waals surface area contributed by atoms with Gasteiger partial charge in [-0.15, -0.1) is 5.10 Å². The number of amides is 1. The largest absolute Gasteiger partial charge is 0.383 e. The summed E-state index contributed by atoms with van der Waals surface area (Å²) in [6.45, 7) is 3.14. The second-order valence-corrected chi connectivity index (χ2v) is 7.47. The molecule has 4 rings (SSSR count). The second kappa shape index (κ2) is 9.57. The molecule has 0 aliphatic carbocycles. The van der Waals surface area contributed by atoms with Crippen molar-refractivity contribution in [2.75, 3.05) is 20.3 Å². The van der Waals surface area contributed by atoms with Crippen molar-refractivity contribution in [1.82, 2.24) is 24.5 Å². The molecular weight excluding hydrogens is 406 g/mol. The Morgan fingerprint density at radius 3 is 2.44 bits per heavy atom. The van der Waals surface area contributed by atoms with E-state index in [-0.39, 0.29) is 17.9 Å². The maximum absolute atomic E-state index is 13.3. The molecule has 4 aromatic rings. The van der Waals surface area contributed by atoms with Crippen molar-refractivity contribution in [3.63, 3.8) is 0 Å². The number of hydrogen-bond acceptors (Lipinski definition) is 5. The third-order valence-electron chi connectivity index (χ3n) is 5.30. The maximum Gasteiger partial charge on any atom is 0.279 e. The van der Waals surface area contributed by atoms with E-state index in [0.717, 1.165) is 11.1 Å². The van der Waals surface area contributed by atoms with Crippen LogP contribution in [0.5, 0.6) is 0 Å². The number of aromatic nitrogens is 4. The lowest BCUT2D eigenvalue weighted by molar-refractivity contribution is -0.120. The summed E-state index contributed by atoms with van der Waals surface area (Å²) in [6, 6.07) is 19.4. The van der Waals surface area contributed by atoms with Crippen LogP contribution in [0, 0.1) is 6.92 Å². The lowest BCUT2D eigenvalue weighted by atomic mass is 10.1. The Morgan fingerprint density at radius 2 is 1.75 bits per heavy atom. The molecule has 0 spiro atoms. The molecule has 2 aromatic heterocycles. The fourth-order valence-electron chi connectivity index (χ4n) is 3.59. The number of carbonyl (C=O) groups excluding carboxylic acids is 1. The molecule has 0 radical (unpaired) electrons. The summed E-state index contributed by atoms with van der Waals surface area (Å²) in [4.78, 5) is 30.4. The van der Waals surface area contributed by atoms with Crippen molar-refractivity contribution in [3.8, 4) is 11.4 Å². The van der Waals surface area contributed by atoms with Crippen molar-refractivity contribution in [2.24, 2.45) is 0 Å². The molecule has 32 heavy (non-hydrogen) atoms. The Hall–Kier alpha value is -3.78. The minimum atomic E-state index is -0.335. The number of nitrogens with zero attached hydrogens (tertiary/aromatic N) is 4. The van der Waals surface area contributed by atoms with Crippen LogP contribution in [-0.2, 0) is 22.5 Å². The van der Waals surface area contributed by atoms with E-state index >= 15 is 0 Å². The minimum Gasteiger partial charge on any atom is -0.383 e. The summed E-state index contributed by atoms with van der Waals surface area (Å²) in [5, 5.41) is 7.27. The SMILES string of the molecule is COCCNC(=O)Cc1c(C)n(Cc2ccccc2)c2nc(-c3ccccc3)nn2c1=O. The zero-order valence-electron chi connectivity index (χ0n) is 18.1. The van der Waals surface area contributed by atoms with Crippen molar-refractivity contribution in [3.05, 3.63) is 87.8 Å². The molecule has 0 saturated carbocycles. The first-order valence-electron chi connectivity index (χ1n) is 10.4. The Labute approximate surface area is 185 Å². The average Bonchev–Trinajstić information content (AvgIpc) is 3.27. The standard InChI is InChI=1S/C24H25N5O3/c1-17-20(15-21(30)25-13-14-32-2)23(31)29-24(28(17)16-18-9-5-3-6-10-18)26-22(27-29)19-11-7-4-8-12-19/h3-12H,13-16H2,1-2H3,(H,25,30). The van der Waals surface area contributed by atoms with Gasteiger partial charge >= 0.3 is 0 Å². The Balaban J connectivity index is 1.82. The van der Waals surface area contributed by atoms with Crippen LogP contribution in [0.1, 0.15) is 16.8 Å². The normalized spacial score (nSPS) is 11.1. The molecule has 1 amide bonds. The molecule has 0 fully saturated rings. The molecule has 1 N–H and O–H groups in total. The predicted molar refractivity (Wildman–Crippen MR) is 122 cm³/mol. The van der Waals surface area contributed by atoms with Crippen LogP contribution >= 0.6 is 0 Å². The first kappa shape index (κ1) is 21.5. The van der Waals surface area contributed by atoms with Crippen LogP contribution in [-0.4, -0.2) is 45.3 Å². The molecular formula is C24H25N5O3. The van der Waals surface area contributed by atoms with E-state index in [4.69, 9.17) is 4.74 Å². The van der Waals surface area contributed by atoms with E-state index in [1.165, 1.54) is 4.52 Å². The van der Waals surface area contributed by atoms with Gasteiger partial charge in [0.15, 0.2) is 5.82 Å². The molecule has 8 nitrogen and oxygen atoms in total. The van der Waals surface area contributed by atoms with E-state index in [2.05, 4.69) is 15.4 Å². The number of carbonyl (C=O) groups is 1. The summed E-state index contributed by atoms with van der Waals surface area (Å²) in [5.41, 5.74) is 2.63. The van der Waals surface area contributed by atoms with E-state index in [1.807, 2.05) is 72.2 Å². The van der Waals surface area contributed by atoms with Gasteiger partial charge in [0.2, 0.25) is 11.7 Å². The van der Waals surface area contributed by atoms with Gasteiger partial charge in [-0.2, -0.15) is 9.50 Å². The van der Waals surface area contributed by atoms with Gasteiger partial charge in [0.25, 0.3) is 5.56 Å². The first-order chi connectivity index (χ1) is 15.6. The van der Waals surface area contributed by atoms with Crippen LogP contribution in [0.3, 0.4) is 0 Å². The van der Waals surface area contributed by atoms with Crippen molar-refractivity contribution >= 4 is 11.7 Å². The Bertz CT molecular complexity index is 1280. The van der Waals surface area contributed by atoms with Crippen LogP contribution < -0.4 is 10.9 Å². The van der Waals surface area contributed by atoms with E-state index in [1.54, 1.807) is 7.11 Å². The van der Waals surface area contributed by atoms with Crippen molar-refractivity contribution < 1.29 is 9.53 Å². The predicted octanol–water partition coefficient (Wildman–Crippen LogP) is 2.22. The fourth-order valence-corrected chi connectivity index (χ4v) is 3.59. The quantitative estimate of drug-likeness (QED) is 0.432. The van der Waals surface area contributed by atoms with Crippen molar-refractivity contribution in [1.29, 1.82) is 0 Å². The number of nitrogens with one attached hydrogen (secondary N) is 1. The van der Waals surface area contributed by atoms with Gasteiger partial charge in [0, 0.05) is 30.5 Å². The van der Waals surface area contributed by atoms with Crippen molar-refractivity contribution in [2.45, 2.75) is 19.9 Å². The van der Waals surface area contributed by atoms with E-state index in [0.29, 0.717) is 42.6 Å². The number of benzene rings is 2. The molecule has 0 atom stereocenters. The lowest BCUT2D eigenvalue weighted by Gasteiger charge is -2.15. The summed E-state index contributed by atoms with van der Waals surface area (Å²) in [7, 11) is 1.57. The smallest absolute Gasteiger partial charge is 0.279 e. The van der Waals surface area contributed by atoms with Gasteiger partial charge in [-0.1, -0.05) is 60.7 Å². The average molecular weight is 431 g/mol. The topological polar surface area (TPSA) is 90.5 Å². The second-order valence-electron chi connectivity index (χ2n) is 7.47. The highest BCUT2D eigenvalue weighted by atomic mass is 16.5. The summed E-state index contributed by atoms with van der Waals surface area (Å²) < 4.78 is 8.21. The van der Waals surface area contributed by atoms with Gasteiger partial charge in [-0.05, 0) is 12.5 Å². The zero-order valence-corrected chi connectivity index (χ0v) is 18.1. The van der Waals surface area contributed by atoms with Crippen LogP contribution in [0.15, 0.2) is 65.5 Å². The van der Waals surface area contributed by atoms with Gasteiger partial charge in [0.05, 0.1) is 19.6 Å². The first-order valence-corrected chi connectivity index (χ1v) is 10.4. The molecule has 0 unspecified atom stereocenters. The van der Waals surface area contributed by atoms with Gasteiger partial charge in [-0.25, -0.2) is 0 Å². The Kier molecular flexibility index (Phi) is 6.42. The van der Waals surface area contributed by atoms with Crippen LogP contribution in [0.25, 0.3) is 17.2 Å². The van der Waals surface area contributed by atoms with E-state index < -0.39 is 0 Å². The number of fused-ring (bicyclic) bond motifs is 1. The Morgan fingerprint density at radius 1 is 1.06 bits per heavy atom. The van der Waals surface area contributed by atoms with Gasteiger partial charge < -0.3 is 14.6 Å². The maximum atomic E-state index is 13.3. The number of rotatable bonds is 8. The summed E-state index contributed by atoms with van der Waals surface area (Å²) >= 11 is 0. The minimum absolute atomic E-state index is 0.0420. The fraction of sp³-hybridized carbons (Fsp3) is 0.250. The molecule has 2 aromatic carbocycles. The monoisotopic (exact) mass is 431 g/mol. The molecule has 8 heteroatoms. The molecule has 0 saturated heterocycles. The molecule has 2 heterocycles. The third kappa shape index (κ3) is 4.45. The van der Waals surface area contributed by atoms with Gasteiger partial charge in [0.1, 0.15) is 0 Å².